The van der Waals surface area contributed by atoms with Gasteiger partial charge in [0.15, 0.2) is 0 Å². The van der Waals surface area contributed by atoms with E-state index in [0.717, 1.165) is 67.0 Å². The van der Waals surface area contributed by atoms with Crippen LogP contribution >= 0.6 is 11.6 Å². The molecule has 3 N–H and O–H groups in total. The lowest BCUT2D eigenvalue weighted by atomic mass is 9.90. The van der Waals surface area contributed by atoms with Crippen LogP contribution < -0.4 is 16.0 Å². The van der Waals surface area contributed by atoms with E-state index in [1.54, 1.807) is 13.8 Å². The maximum Gasteiger partial charge on any atom is 0.417 e. The predicted octanol–water partition coefficient (Wildman–Crippen LogP) is 7.29. The molecule has 107 heavy (non-hydrogen) atoms. The number of likely N-dealkylation sites (N-methyl/N-ethyl adjacent to an activating group) is 6. The number of halogens is 7. The molecule has 0 radical (unpaired) electrons. The second kappa shape index (κ2) is 38.5. The number of nitrogens with zero attached hydrogens (tertiary/aromatic N) is 9. The van der Waals surface area contributed by atoms with Gasteiger partial charge in [0.25, 0.3) is 0 Å². The number of carbonyl (C=O) groups excluding carboxylic acids is 12. The van der Waals surface area contributed by atoms with Crippen LogP contribution in [0.25, 0.3) is 0 Å². The molecule has 8 atom stereocenters. The minimum absolute atomic E-state index is 0.0168. The molecule has 4 aliphatic rings. The van der Waals surface area contributed by atoms with Crippen LogP contribution in [0.15, 0.2) is 67.8 Å². The first kappa shape index (κ1) is 87.3. The molecule has 592 valence electrons. The molecule has 2 saturated heterocycles. The maximum absolute atomic E-state index is 15.6. The Morgan fingerprint density at radius 2 is 1.28 bits per heavy atom. The Morgan fingerprint density at radius 1 is 0.673 bits per heavy atom. The molecule has 2 aromatic rings. The van der Waals surface area contributed by atoms with Crippen LogP contribution in [0.3, 0.4) is 0 Å². The summed E-state index contributed by atoms with van der Waals surface area (Å²) in [6, 6.07) is -3.02. The van der Waals surface area contributed by atoms with Crippen LogP contribution in [0.2, 0.25) is 5.02 Å². The molecular weight excluding hydrogens is 1420 g/mol. The smallest absolute Gasteiger partial charge is 0.347 e. The number of carbonyl (C=O) groups is 12. The highest BCUT2D eigenvalue weighted by atomic mass is 35.5. The zero-order chi connectivity index (χ0) is 79.7. The lowest BCUT2D eigenvalue weighted by Gasteiger charge is -2.42. The van der Waals surface area contributed by atoms with Gasteiger partial charge >= 0.3 is 12.4 Å². The average molecular weight is 1530 g/mol. The fourth-order valence-corrected chi connectivity index (χ4v) is 15.1. The van der Waals surface area contributed by atoms with Gasteiger partial charge in [-0.1, -0.05) is 102 Å². The summed E-state index contributed by atoms with van der Waals surface area (Å²) in [7, 11) is 9.61. The Labute approximate surface area is 628 Å². The SMILES string of the molecule is C=CCCN1CC(=O)N(CCC=C)[C@@H](Cc2ccc(C(F)(F)F)cc2)C(=O)N(C)CC(=O)N[C@@H](CCc2ccc(C(F)(F)F)c(Cl)c2)C(=O)N2CCCC2C(=O)NC2(CCCC2)C(=O)N(C)[C@@H](C2CCCC2)C(=O)N(C)[C@H](C(=O)N(C)C)CC(=O)N(C)[C@@H](CC(C)C)C(=O)NC([C@@H](C)CC)C(=O)N(C)CC1=O. The van der Waals surface area contributed by atoms with Gasteiger partial charge in [0, 0.05) is 75.4 Å². The van der Waals surface area contributed by atoms with E-state index in [2.05, 4.69) is 29.1 Å². The van der Waals surface area contributed by atoms with Crippen LogP contribution in [0.5, 0.6) is 0 Å². The van der Waals surface area contributed by atoms with Crippen molar-refractivity contribution in [1.29, 1.82) is 0 Å². The summed E-state index contributed by atoms with van der Waals surface area (Å²) in [5.41, 5.74) is -3.45. The number of amides is 12. The normalized spacial score (nSPS) is 24.0. The van der Waals surface area contributed by atoms with Gasteiger partial charge in [-0.25, -0.2) is 0 Å². The van der Waals surface area contributed by atoms with Crippen molar-refractivity contribution in [2.75, 3.05) is 88.6 Å². The fraction of sp³-hybridized carbons (Fsp3) is 0.632. The molecule has 1 spiro atoms. The minimum Gasteiger partial charge on any atom is -0.347 e. The van der Waals surface area contributed by atoms with Crippen molar-refractivity contribution < 1.29 is 83.9 Å². The first-order valence-electron chi connectivity index (χ1n) is 36.8. The largest absolute Gasteiger partial charge is 0.417 e. The van der Waals surface area contributed by atoms with Crippen LogP contribution in [0.4, 0.5) is 26.3 Å². The second-order valence-corrected chi connectivity index (χ2v) is 30.0. The summed E-state index contributed by atoms with van der Waals surface area (Å²) in [4.78, 5) is 191. The Kier molecular flexibility index (Phi) is 31.4. The van der Waals surface area contributed by atoms with E-state index >= 15 is 28.8 Å². The first-order chi connectivity index (χ1) is 50.2. The summed E-state index contributed by atoms with van der Waals surface area (Å²) in [6.45, 7) is 11.9. The van der Waals surface area contributed by atoms with Gasteiger partial charge in [0.05, 0.1) is 42.2 Å². The van der Waals surface area contributed by atoms with Crippen molar-refractivity contribution in [3.05, 3.63) is 95.1 Å². The molecule has 0 aromatic heterocycles. The van der Waals surface area contributed by atoms with Crippen LogP contribution in [0.1, 0.15) is 153 Å². The number of aryl methyl sites for hydroxylation is 1. The molecule has 24 nitrogen and oxygen atoms in total. The summed E-state index contributed by atoms with van der Waals surface area (Å²) in [6.07, 6.45) is -3.95. The third-order valence-corrected chi connectivity index (χ3v) is 21.5. The third kappa shape index (κ3) is 22.5. The van der Waals surface area contributed by atoms with Crippen molar-refractivity contribution >= 4 is 82.5 Å². The highest BCUT2D eigenvalue weighted by Crippen LogP contribution is 2.39. The van der Waals surface area contributed by atoms with Gasteiger partial charge < -0.3 is 60.0 Å². The Morgan fingerprint density at radius 3 is 1.85 bits per heavy atom. The van der Waals surface area contributed by atoms with Crippen LogP contribution in [-0.2, 0) is 82.7 Å². The molecule has 4 fully saturated rings. The minimum atomic E-state index is -4.82. The monoisotopic (exact) mass is 1530 g/mol. The van der Waals surface area contributed by atoms with E-state index in [9.17, 15) is 55.1 Å². The highest BCUT2D eigenvalue weighted by molar-refractivity contribution is 6.31. The molecule has 2 aliphatic heterocycles. The topological polar surface area (TPSA) is 270 Å². The predicted molar refractivity (Wildman–Crippen MR) is 389 cm³/mol. The summed E-state index contributed by atoms with van der Waals surface area (Å²) >= 11 is 6.15. The third-order valence-electron chi connectivity index (χ3n) is 21.2. The van der Waals surface area contributed by atoms with E-state index in [1.807, 2.05) is 13.8 Å². The molecule has 2 aromatic carbocycles. The van der Waals surface area contributed by atoms with Crippen molar-refractivity contribution in [3.63, 3.8) is 0 Å². The van der Waals surface area contributed by atoms with E-state index in [-0.39, 0.29) is 94.5 Å². The number of rotatable bonds is 17. The van der Waals surface area contributed by atoms with E-state index in [1.165, 1.54) is 81.1 Å². The Hall–Kier alpha value is -8.57. The van der Waals surface area contributed by atoms with E-state index in [4.69, 9.17) is 11.6 Å². The van der Waals surface area contributed by atoms with Gasteiger partial charge in [-0.15, -0.1) is 13.2 Å². The molecule has 2 aliphatic carbocycles. The van der Waals surface area contributed by atoms with Gasteiger partial charge in [0.2, 0.25) is 70.9 Å². The average Bonchev–Trinajstić information content (AvgIpc) is 1.69. The molecule has 12 amide bonds. The van der Waals surface area contributed by atoms with Crippen molar-refractivity contribution in [3.8, 4) is 0 Å². The summed E-state index contributed by atoms with van der Waals surface area (Å²) in [5.74, 6) is -10.6. The molecule has 2 unspecified atom stereocenters. The molecule has 0 bridgehead atoms. The summed E-state index contributed by atoms with van der Waals surface area (Å²) in [5, 5.41) is 7.88. The van der Waals surface area contributed by atoms with Crippen molar-refractivity contribution in [1.82, 2.24) is 60.0 Å². The Balaban J connectivity index is 1.50. The number of alkyl halides is 6. The molecule has 31 heteroatoms. The zero-order valence-corrected chi connectivity index (χ0v) is 64.2. The van der Waals surface area contributed by atoms with Gasteiger partial charge in [-0.3, -0.25) is 57.5 Å². The number of hydrogen-bond donors (Lipinski definition) is 3. The summed E-state index contributed by atoms with van der Waals surface area (Å²) < 4.78 is 83.8. The van der Waals surface area contributed by atoms with Crippen LogP contribution in [-0.4, -0.2) is 251 Å². The quantitative estimate of drug-likeness (QED) is 0.104. The van der Waals surface area contributed by atoms with E-state index < -0.39 is 192 Å². The number of hydrogen-bond acceptors (Lipinski definition) is 12. The van der Waals surface area contributed by atoms with Crippen LogP contribution in [0, 0.1) is 17.8 Å². The molecule has 6 rings (SSSR count). The van der Waals surface area contributed by atoms with Gasteiger partial charge in [-0.05, 0) is 124 Å². The van der Waals surface area contributed by atoms with Crippen molar-refractivity contribution in [2.45, 2.75) is 203 Å². The van der Waals surface area contributed by atoms with Crippen molar-refractivity contribution in [2.24, 2.45) is 17.8 Å². The number of fused-ring (bicyclic) bond motifs is 1. The number of benzene rings is 2. The van der Waals surface area contributed by atoms with Gasteiger partial charge in [0.1, 0.15) is 47.8 Å². The first-order valence-corrected chi connectivity index (χ1v) is 37.1. The number of nitrogens with one attached hydrogen (secondary N) is 3. The fourth-order valence-electron chi connectivity index (χ4n) is 14.7. The zero-order valence-electron chi connectivity index (χ0n) is 63.4. The van der Waals surface area contributed by atoms with E-state index in [0.29, 0.717) is 44.9 Å². The van der Waals surface area contributed by atoms with Gasteiger partial charge in [-0.2, -0.15) is 26.3 Å². The lowest BCUT2D eigenvalue weighted by Crippen LogP contribution is -2.65. The maximum atomic E-state index is 15.6. The molecule has 2 heterocycles. The second-order valence-electron chi connectivity index (χ2n) is 29.6. The molecule has 2 saturated carbocycles. The standard InChI is InChI=1S/C76H107ClF6N12O12/c1-14-17-37-93-46-63(99)94(38-18-15-2)59(42-50-27-31-52(32-28-50)75(78,79)80)70(104)88(9)44-60(96)84-55(34-30-49-29-33-53(54(77)41-49)76(81,82)83)68(102)95-39-23-26-56(95)67(101)86-74(35-21-22-36-74)73(107)92(13)65(51-24-19-20-25-51)72(106)91(12)58(69(103)87(7)8)43-61(97)90(11)57(40-47(4)5)66(100)85-64(48(6)16-3)71(105)89(10)45-62(93)98/h14-15,27-29,31-33,41,47-48,51,55-59,64-65H,1-2,16-26,30,34-40,42-46H2,3-13H3,(H,84,96)(H,85,100)(H,86,101)/t48-,55-,56?,57-,58-,59-,64?,65-/m0/s1. The highest BCUT2D eigenvalue weighted by Gasteiger charge is 2.52. The Bertz CT molecular complexity index is 3550. The lowest BCUT2D eigenvalue weighted by molar-refractivity contribution is -0.156. The molecular formula is C76H107ClF6N12O12.